The number of carbonyl (C=O) groups is 2. The fraction of sp³-hybridized carbons (Fsp3) is 0.273. The molecular formula is C22H24N2O4S. The third-order valence-corrected chi connectivity index (χ3v) is 5.19. The Bertz CT molecular complexity index is 971. The van der Waals surface area contributed by atoms with Gasteiger partial charge < -0.3 is 19.7 Å². The second-order valence-electron chi connectivity index (χ2n) is 6.68. The van der Waals surface area contributed by atoms with Gasteiger partial charge in [-0.2, -0.15) is 11.8 Å². The Balaban J connectivity index is 1.63. The van der Waals surface area contributed by atoms with Gasteiger partial charge in [0.25, 0.3) is 0 Å². The van der Waals surface area contributed by atoms with Crippen molar-refractivity contribution in [2.45, 2.75) is 25.6 Å². The highest BCUT2D eigenvalue weighted by atomic mass is 32.2. The molecule has 1 aromatic heterocycles. The Morgan fingerprint density at radius 2 is 1.97 bits per heavy atom. The van der Waals surface area contributed by atoms with Crippen molar-refractivity contribution in [3.8, 4) is 5.75 Å². The Hall–Kier alpha value is -2.93. The first-order valence-corrected chi connectivity index (χ1v) is 10.7. The van der Waals surface area contributed by atoms with E-state index in [1.165, 1.54) is 0 Å². The van der Waals surface area contributed by atoms with E-state index in [2.05, 4.69) is 5.32 Å². The van der Waals surface area contributed by atoms with Crippen LogP contribution in [0.2, 0.25) is 0 Å². The van der Waals surface area contributed by atoms with Crippen LogP contribution in [0.3, 0.4) is 0 Å². The van der Waals surface area contributed by atoms with Crippen molar-refractivity contribution in [2.75, 3.05) is 12.0 Å². The van der Waals surface area contributed by atoms with E-state index in [1.807, 2.05) is 67.0 Å². The number of aromatic nitrogens is 1. The van der Waals surface area contributed by atoms with Gasteiger partial charge in [0.05, 0.1) is 0 Å². The molecule has 2 aromatic carbocycles. The maximum atomic E-state index is 12.3. The minimum absolute atomic E-state index is 0.0662. The number of benzene rings is 2. The van der Waals surface area contributed by atoms with Crippen LogP contribution in [0.5, 0.6) is 5.75 Å². The molecular weight excluding hydrogens is 388 g/mol. The molecule has 6 nitrogen and oxygen atoms in total. The van der Waals surface area contributed by atoms with Gasteiger partial charge in [0.15, 0.2) is 0 Å². The summed E-state index contributed by atoms with van der Waals surface area (Å²) in [4.78, 5) is 23.6. The van der Waals surface area contributed by atoms with Crippen molar-refractivity contribution < 1.29 is 19.4 Å². The molecule has 0 aliphatic heterocycles. The maximum Gasteiger partial charge on any atom is 0.326 e. The average molecular weight is 413 g/mol. The van der Waals surface area contributed by atoms with Crippen molar-refractivity contribution in [3.63, 3.8) is 0 Å². The quantitative estimate of drug-likeness (QED) is 0.532. The van der Waals surface area contributed by atoms with Crippen LogP contribution in [0.15, 0.2) is 60.8 Å². The largest absolute Gasteiger partial charge is 0.489 e. The number of rotatable bonds is 10. The van der Waals surface area contributed by atoms with Crippen molar-refractivity contribution in [1.29, 1.82) is 0 Å². The number of carboxylic acid groups (broad SMARTS) is 1. The SMILES string of the molecule is CSCCC(NC(=O)Cn1ccc2cc(OCc3ccccc3)ccc21)C(=O)O. The van der Waals surface area contributed by atoms with Gasteiger partial charge in [-0.1, -0.05) is 30.3 Å². The van der Waals surface area contributed by atoms with Crippen LogP contribution in [-0.2, 0) is 22.7 Å². The van der Waals surface area contributed by atoms with E-state index in [9.17, 15) is 14.7 Å². The van der Waals surface area contributed by atoms with Gasteiger partial charge >= 0.3 is 5.97 Å². The number of aliphatic carboxylic acids is 1. The lowest BCUT2D eigenvalue weighted by molar-refractivity contribution is -0.141. The molecule has 152 valence electrons. The monoisotopic (exact) mass is 412 g/mol. The molecule has 7 heteroatoms. The number of carbonyl (C=O) groups excluding carboxylic acids is 1. The molecule has 1 atom stereocenters. The highest BCUT2D eigenvalue weighted by Gasteiger charge is 2.19. The number of thioether (sulfide) groups is 1. The van der Waals surface area contributed by atoms with Crippen LogP contribution in [-0.4, -0.2) is 39.6 Å². The smallest absolute Gasteiger partial charge is 0.326 e. The predicted molar refractivity (Wildman–Crippen MR) is 115 cm³/mol. The predicted octanol–water partition coefficient (Wildman–Crippen LogP) is 3.54. The zero-order chi connectivity index (χ0) is 20.6. The summed E-state index contributed by atoms with van der Waals surface area (Å²) < 4.78 is 7.66. The highest BCUT2D eigenvalue weighted by Crippen LogP contribution is 2.23. The molecule has 0 aliphatic carbocycles. The van der Waals surface area contributed by atoms with Crippen LogP contribution in [0, 0.1) is 0 Å². The number of ether oxygens (including phenoxy) is 1. The second kappa shape index (κ2) is 10.0. The zero-order valence-corrected chi connectivity index (χ0v) is 17.0. The van der Waals surface area contributed by atoms with Crippen LogP contribution in [0.4, 0.5) is 0 Å². The highest BCUT2D eigenvalue weighted by molar-refractivity contribution is 7.98. The normalized spacial score (nSPS) is 11.9. The van der Waals surface area contributed by atoms with Gasteiger partial charge in [-0.25, -0.2) is 4.79 Å². The minimum atomic E-state index is -1.01. The summed E-state index contributed by atoms with van der Waals surface area (Å²) in [7, 11) is 0. The molecule has 0 spiro atoms. The number of nitrogens with zero attached hydrogens (tertiary/aromatic N) is 1. The van der Waals surface area contributed by atoms with E-state index >= 15 is 0 Å². The molecule has 0 bridgehead atoms. The molecule has 3 aromatic rings. The lowest BCUT2D eigenvalue weighted by Crippen LogP contribution is -2.42. The number of hydrogen-bond acceptors (Lipinski definition) is 4. The number of hydrogen-bond donors (Lipinski definition) is 2. The third kappa shape index (κ3) is 5.77. The van der Waals surface area contributed by atoms with Crippen LogP contribution < -0.4 is 10.1 Å². The molecule has 2 N–H and O–H groups in total. The molecule has 0 saturated heterocycles. The first-order chi connectivity index (χ1) is 14.1. The first kappa shape index (κ1) is 20.8. The standard InChI is InChI=1S/C22H24N2O4S/c1-29-12-10-19(22(26)27)23-21(25)14-24-11-9-17-13-18(7-8-20(17)24)28-15-16-5-3-2-4-6-16/h2-9,11,13,19H,10,12,14-15H2,1H3,(H,23,25)(H,26,27). The zero-order valence-electron chi connectivity index (χ0n) is 16.2. The summed E-state index contributed by atoms with van der Waals surface area (Å²) >= 11 is 1.55. The van der Waals surface area contributed by atoms with Crippen LogP contribution in [0.1, 0.15) is 12.0 Å². The Morgan fingerprint density at radius 3 is 2.69 bits per heavy atom. The molecule has 1 unspecified atom stereocenters. The molecule has 0 aliphatic rings. The molecule has 3 rings (SSSR count). The van der Waals surface area contributed by atoms with E-state index in [-0.39, 0.29) is 12.5 Å². The van der Waals surface area contributed by atoms with Crippen molar-refractivity contribution in [3.05, 3.63) is 66.4 Å². The van der Waals surface area contributed by atoms with Gasteiger partial charge in [0.2, 0.25) is 5.91 Å². The van der Waals surface area contributed by atoms with Gasteiger partial charge in [-0.3, -0.25) is 4.79 Å². The summed E-state index contributed by atoms with van der Waals surface area (Å²) in [6.07, 6.45) is 4.13. The number of fused-ring (bicyclic) bond motifs is 1. The van der Waals surface area contributed by atoms with Gasteiger partial charge in [0, 0.05) is 17.1 Å². The lowest BCUT2D eigenvalue weighted by atomic mass is 10.2. The van der Waals surface area contributed by atoms with Gasteiger partial charge in [0.1, 0.15) is 24.9 Å². The molecule has 0 radical (unpaired) electrons. The molecule has 0 fully saturated rings. The number of amides is 1. The number of carboxylic acids is 1. The third-order valence-electron chi connectivity index (χ3n) is 4.55. The van der Waals surface area contributed by atoms with E-state index in [0.29, 0.717) is 18.8 Å². The lowest BCUT2D eigenvalue weighted by Gasteiger charge is -2.14. The fourth-order valence-corrected chi connectivity index (χ4v) is 3.51. The topological polar surface area (TPSA) is 80.6 Å². The maximum absolute atomic E-state index is 12.3. The summed E-state index contributed by atoms with van der Waals surface area (Å²) in [5, 5.41) is 12.8. The Labute approximate surface area is 173 Å². The van der Waals surface area contributed by atoms with Crippen LogP contribution >= 0.6 is 11.8 Å². The van der Waals surface area contributed by atoms with Crippen molar-refractivity contribution in [2.24, 2.45) is 0 Å². The first-order valence-electron chi connectivity index (χ1n) is 9.33. The molecule has 1 heterocycles. The number of nitrogens with one attached hydrogen (secondary N) is 1. The van der Waals surface area contributed by atoms with E-state index in [4.69, 9.17) is 4.74 Å². The second-order valence-corrected chi connectivity index (χ2v) is 7.66. The van der Waals surface area contributed by atoms with E-state index in [1.54, 1.807) is 16.3 Å². The fourth-order valence-electron chi connectivity index (χ4n) is 3.03. The van der Waals surface area contributed by atoms with Gasteiger partial charge in [-0.15, -0.1) is 0 Å². The molecule has 29 heavy (non-hydrogen) atoms. The van der Waals surface area contributed by atoms with Crippen molar-refractivity contribution >= 4 is 34.5 Å². The van der Waals surface area contributed by atoms with E-state index < -0.39 is 12.0 Å². The summed E-state index contributed by atoms with van der Waals surface area (Å²) in [6.45, 7) is 0.554. The molecule has 0 saturated carbocycles. The minimum Gasteiger partial charge on any atom is -0.489 e. The van der Waals surface area contributed by atoms with E-state index in [0.717, 1.165) is 22.2 Å². The average Bonchev–Trinajstić information content (AvgIpc) is 3.12. The van der Waals surface area contributed by atoms with Crippen LogP contribution in [0.25, 0.3) is 10.9 Å². The van der Waals surface area contributed by atoms with Gasteiger partial charge in [-0.05, 0) is 48.3 Å². The summed E-state index contributed by atoms with van der Waals surface area (Å²) in [5.74, 6) is 0.104. The Morgan fingerprint density at radius 1 is 1.17 bits per heavy atom. The summed E-state index contributed by atoms with van der Waals surface area (Å²) in [6, 6.07) is 16.7. The van der Waals surface area contributed by atoms with Crippen molar-refractivity contribution in [1.82, 2.24) is 9.88 Å². The summed E-state index contributed by atoms with van der Waals surface area (Å²) in [5.41, 5.74) is 1.99. The molecule has 1 amide bonds. The Kier molecular flexibility index (Phi) is 7.19.